The van der Waals surface area contributed by atoms with E-state index in [9.17, 15) is 27.2 Å². The summed E-state index contributed by atoms with van der Waals surface area (Å²) >= 11 is 1.16. The van der Waals surface area contributed by atoms with Gasteiger partial charge in [0.15, 0.2) is 11.0 Å². The molecule has 0 spiro atoms. The molecule has 9 nitrogen and oxygen atoms in total. The van der Waals surface area contributed by atoms with Gasteiger partial charge in [-0.3, -0.25) is 9.69 Å². The number of aromatic nitrogens is 3. The number of carbonyl (C=O) groups is 2. The van der Waals surface area contributed by atoms with Crippen LogP contribution in [0.15, 0.2) is 72.0 Å². The lowest BCUT2D eigenvalue weighted by Gasteiger charge is -2.22. The first-order valence-corrected chi connectivity index (χ1v) is 14.9. The Morgan fingerprint density at radius 1 is 1.09 bits per heavy atom. The topological polar surface area (TPSA) is 102 Å². The summed E-state index contributed by atoms with van der Waals surface area (Å²) in [5.41, 5.74) is 3.66. The van der Waals surface area contributed by atoms with E-state index in [0.717, 1.165) is 22.9 Å². The first-order chi connectivity index (χ1) is 21.4. The molecule has 1 saturated heterocycles. The van der Waals surface area contributed by atoms with Gasteiger partial charge < -0.3 is 10.1 Å². The Morgan fingerprint density at radius 3 is 2.53 bits per heavy atom. The monoisotopic (exact) mass is 640 g/mol. The van der Waals surface area contributed by atoms with Crippen LogP contribution in [0.2, 0.25) is 0 Å². The van der Waals surface area contributed by atoms with Crippen LogP contribution in [-0.4, -0.2) is 44.0 Å². The van der Waals surface area contributed by atoms with Gasteiger partial charge >= 0.3 is 12.4 Å². The number of carbonyl (C=O) groups excluding carboxylic acids is 2. The molecule has 2 heterocycles. The number of alkyl halides is 3. The molecule has 3 amide bonds. The van der Waals surface area contributed by atoms with E-state index in [-0.39, 0.29) is 47.0 Å². The van der Waals surface area contributed by atoms with Gasteiger partial charge in [-0.2, -0.15) is 10.1 Å². The molecule has 234 valence electrons. The number of nitrogens with one attached hydrogen (secondary N) is 1. The van der Waals surface area contributed by atoms with Gasteiger partial charge in [-0.05, 0) is 78.4 Å². The second-order valence-corrected chi connectivity index (χ2v) is 11.5. The van der Waals surface area contributed by atoms with Crippen molar-refractivity contribution in [1.82, 2.24) is 14.8 Å². The summed E-state index contributed by atoms with van der Waals surface area (Å²) in [7, 11) is 0. The van der Waals surface area contributed by atoms with Crippen molar-refractivity contribution in [3.8, 4) is 11.4 Å². The summed E-state index contributed by atoms with van der Waals surface area (Å²) in [5.74, 6) is -0.385. The normalized spacial score (nSPS) is 14.4. The third kappa shape index (κ3) is 7.87. The minimum Gasteiger partial charge on any atom is -0.406 e. The molecule has 5 rings (SSSR count). The van der Waals surface area contributed by atoms with E-state index in [0.29, 0.717) is 22.8 Å². The van der Waals surface area contributed by atoms with Crippen molar-refractivity contribution < 1.29 is 31.9 Å². The highest BCUT2D eigenvalue weighted by Gasteiger charge is 2.33. The zero-order chi connectivity index (χ0) is 32.3. The Bertz CT molecular complexity index is 1750. The fourth-order valence-corrected chi connectivity index (χ4v) is 5.53. The predicted molar refractivity (Wildman–Crippen MR) is 164 cm³/mol. The molecule has 14 heteroatoms. The van der Waals surface area contributed by atoms with E-state index < -0.39 is 18.2 Å². The van der Waals surface area contributed by atoms with E-state index >= 15 is 0 Å². The summed E-state index contributed by atoms with van der Waals surface area (Å²) < 4.78 is 57.3. The number of halogens is 4. The first kappa shape index (κ1) is 31.7. The Balaban J connectivity index is 1.21. The lowest BCUT2D eigenvalue weighted by molar-refractivity contribution is -0.274. The highest BCUT2D eigenvalue weighted by atomic mass is 32.2. The second kappa shape index (κ2) is 13.1. The molecule has 3 aromatic carbocycles. The van der Waals surface area contributed by atoms with Gasteiger partial charge in [0.2, 0.25) is 5.91 Å². The summed E-state index contributed by atoms with van der Waals surface area (Å²) in [5, 5.41) is 7.12. The number of rotatable bonds is 8. The lowest BCUT2D eigenvalue weighted by Crippen LogP contribution is -2.31. The van der Waals surface area contributed by atoms with Crippen LogP contribution in [-0.2, 0) is 17.6 Å². The largest absolute Gasteiger partial charge is 0.573 e. The number of nitrogens with zero attached hydrogens (tertiary/aromatic N) is 5. The predicted octanol–water partition coefficient (Wildman–Crippen LogP) is 7.19. The maximum atomic E-state index is 14.9. The van der Waals surface area contributed by atoms with Crippen molar-refractivity contribution in [2.24, 2.45) is 4.99 Å². The van der Waals surface area contributed by atoms with Crippen molar-refractivity contribution in [3.63, 3.8) is 0 Å². The smallest absolute Gasteiger partial charge is 0.406 e. The SMILES string of the molecule is Cc1ccc(C(C)C)c(N2C(=O)CS/C2=N\C(=O)Nc2ccc(CCc3ncn(-c4ccc(OC(F)(F)F)cc4)n3)c(F)c2)c1. The molecule has 0 aliphatic carbocycles. The highest BCUT2D eigenvalue weighted by Crippen LogP contribution is 2.34. The quantitative estimate of drug-likeness (QED) is 0.205. The van der Waals surface area contributed by atoms with Crippen molar-refractivity contribution in [2.75, 3.05) is 16.0 Å². The van der Waals surface area contributed by atoms with E-state index in [4.69, 9.17) is 0 Å². The zero-order valence-corrected chi connectivity index (χ0v) is 25.2. The van der Waals surface area contributed by atoms with Crippen LogP contribution in [0.5, 0.6) is 5.75 Å². The number of amides is 3. The number of thioether (sulfide) groups is 1. The number of amidine groups is 1. The van der Waals surface area contributed by atoms with E-state index in [1.165, 1.54) is 52.3 Å². The summed E-state index contributed by atoms with van der Waals surface area (Å²) in [6.45, 7) is 5.97. The standard InChI is InChI=1S/C31H28F4N6O3S/c1-18(2)24-12-4-19(3)14-26(24)41-28(42)16-45-30(41)38-29(43)37-21-7-5-20(25(32)15-21)6-13-27-36-17-40(39-27)22-8-10-23(11-9-22)44-31(33,34)35/h4-5,7-12,14-15,17-18H,6,13,16H2,1-3H3,(H,37,43)/b38-30-. The van der Waals surface area contributed by atoms with Crippen LogP contribution in [0.25, 0.3) is 5.69 Å². The molecule has 0 bridgehead atoms. The molecular weight excluding hydrogens is 612 g/mol. The molecule has 1 N–H and O–H groups in total. The third-order valence-electron chi connectivity index (χ3n) is 6.81. The van der Waals surface area contributed by atoms with Gasteiger partial charge in [-0.1, -0.05) is 43.8 Å². The van der Waals surface area contributed by atoms with Crippen LogP contribution in [0, 0.1) is 12.7 Å². The van der Waals surface area contributed by atoms with Gasteiger partial charge in [0.1, 0.15) is 17.9 Å². The van der Waals surface area contributed by atoms with Crippen LogP contribution in [0.3, 0.4) is 0 Å². The van der Waals surface area contributed by atoms with Gasteiger partial charge in [0.05, 0.1) is 17.1 Å². The number of benzene rings is 3. The summed E-state index contributed by atoms with van der Waals surface area (Å²) in [4.78, 5) is 35.4. The molecule has 4 aromatic rings. The van der Waals surface area contributed by atoms with E-state index in [2.05, 4.69) is 25.1 Å². The Hall–Kier alpha value is -4.72. The maximum absolute atomic E-state index is 14.9. The van der Waals surface area contributed by atoms with Crippen LogP contribution in [0.4, 0.5) is 33.7 Å². The van der Waals surface area contributed by atoms with Gasteiger partial charge in [0.25, 0.3) is 0 Å². The van der Waals surface area contributed by atoms with Crippen LogP contribution >= 0.6 is 11.8 Å². The first-order valence-electron chi connectivity index (χ1n) is 13.9. The van der Waals surface area contributed by atoms with Gasteiger partial charge in [-0.25, -0.2) is 18.9 Å². The number of ether oxygens (including phenoxy) is 1. The molecule has 1 aromatic heterocycles. The Labute approximate surface area is 260 Å². The zero-order valence-electron chi connectivity index (χ0n) is 24.4. The second-order valence-electron chi connectivity index (χ2n) is 10.5. The number of urea groups is 1. The fraction of sp³-hybridized carbons (Fsp3) is 0.258. The van der Waals surface area contributed by atoms with Crippen molar-refractivity contribution in [3.05, 3.63) is 95.3 Å². The van der Waals surface area contributed by atoms with Crippen LogP contribution in [0.1, 0.15) is 42.3 Å². The molecule has 1 aliphatic rings. The molecule has 0 radical (unpaired) electrons. The minimum atomic E-state index is -4.78. The minimum absolute atomic E-state index is 0.143. The van der Waals surface area contributed by atoms with Crippen molar-refractivity contribution in [1.29, 1.82) is 0 Å². The van der Waals surface area contributed by atoms with Crippen molar-refractivity contribution >= 4 is 40.2 Å². The Morgan fingerprint density at radius 2 is 1.84 bits per heavy atom. The van der Waals surface area contributed by atoms with Crippen LogP contribution < -0.4 is 15.0 Å². The summed E-state index contributed by atoms with van der Waals surface area (Å²) in [6, 6.07) is 14.5. The molecule has 0 saturated carbocycles. The van der Waals surface area contributed by atoms with Gasteiger partial charge in [-0.15, -0.1) is 13.2 Å². The lowest BCUT2D eigenvalue weighted by atomic mass is 9.99. The van der Waals surface area contributed by atoms with Crippen molar-refractivity contribution in [2.45, 2.75) is 45.9 Å². The number of aliphatic imine (C=N–C) groups is 1. The van der Waals surface area contributed by atoms with Gasteiger partial charge in [0, 0.05) is 12.1 Å². The average molecular weight is 641 g/mol. The highest BCUT2D eigenvalue weighted by molar-refractivity contribution is 8.15. The number of aryl methyl sites for hydroxylation is 3. The fourth-order valence-electron chi connectivity index (χ4n) is 4.67. The number of hydrogen-bond donors (Lipinski definition) is 1. The maximum Gasteiger partial charge on any atom is 0.573 e. The Kier molecular flexibility index (Phi) is 9.23. The molecule has 0 atom stereocenters. The number of anilines is 2. The molecule has 0 unspecified atom stereocenters. The molecular formula is C31H28F4N6O3S. The average Bonchev–Trinajstić information content (AvgIpc) is 3.58. The summed E-state index contributed by atoms with van der Waals surface area (Å²) in [6.07, 6.45) is -2.83. The van der Waals surface area contributed by atoms with E-state index in [1.54, 1.807) is 6.07 Å². The molecule has 1 fully saturated rings. The molecule has 1 aliphatic heterocycles. The van der Waals surface area contributed by atoms with E-state index in [1.807, 2.05) is 39.0 Å². The third-order valence-corrected chi connectivity index (χ3v) is 7.73. The number of hydrogen-bond acceptors (Lipinski definition) is 6. The molecule has 45 heavy (non-hydrogen) atoms.